The van der Waals surface area contributed by atoms with E-state index in [1.54, 1.807) is 30.4 Å². The van der Waals surface area contributed by atoms with Crippen LogP contribution in [0.2, 0.25) is 0 Å². The minimum Gasteiger partial charge on any atom is -0.368 e. The molecule has 2 fully saturated rings. The van der Waals surface area contributed by atoms with Crippen LogP contribution in [0.25, 0.3) is 0 Å². The van der Waals surface area contributed by atoms with Gasteiger partial charge in [0.15, 0.2) is 0 Å². The number of hydrogen-bond donors (Lipinski definition) is 2. The number of carbonyl (C=O) groups is 1. The third kappa shape index (κ3) is 3.37. The predicted molar refractivity (Wildman–Crippen MR) is 82.8 cm³/mol. The molecule has 0 saturated heterocycles. The summed E-state index contributed by atoms with van der Waals surface area (Å²) in [6, 6.07) is 0.505. The molecule has 0 aromatic carbocycles. The fourth-order valence-corrected chi connectivity index (χ4v) is 4.19. The topological polar surface area (TPSA) is 80.9 Å². The third-order valence-corrected chi connectivity index (χ3v) is 5.50. The molecule has 3 rings (SSSR count). The first-order chi connectivity index (χ1) is 10.2. The van der Waals surface area contributed by atoms with Crippen LogP contribution in [0, 0.1) is 5.92 Å². The highest BCUT2D eigenvalue weighted by Gasteiger charge is 2.49. The average Bonchev–Trinajstić information content (AvgIpc) is 3.20. The Bertz CT molecular complexity index is 494. The molecular weight excluding hydrogens is 284 g/mol. The highest BCUT2D eigenvalue weighted by Crippen LogP contribution is 2.41. The molecule has 21 heavy (non-hydrogen) atoms. The van der Waals surface area contributed by atoms with Crippen LogP contribution < -0.4 is 11.1 Å². The fraction of sp³-hybridized carbons (Fsp3) is 0.667. The summed E-state index contributed by atoms with van der Waals surface area (Å²) in [6.07, 6.45) is 11.6. The van der Waals surface area contributed by atoms with E-state index < -0.39 is 5.54 Å². The average molecular weight is 306 g/mol. The van der Waals surface area contributed by atoms with Crippen LogP contribution in [-0.4, -0.2) is 33.2 Å². The van der Waals surface area contributed by atoms with Gasteiger partial charge in [-0.05, 0) is 43.8 Å². The summed E-state index contributed by atoms with van der Waals surface area (Å²) in [5.74, 6) is 1.13. The van der Waals surface area contributed by atoms with Crippen LogP contribution in [-0.2, 0) is 4.79 Å². The highest BCUT2D eigenvalue weighted by molar-refractivity contribution is 7.99. The number of carbonyl (C=O) groups excluding carboxylic acids is 1. The van der Waals surface area contributed by atoms with E-state index in [0.717, 1.165) is 36.5 Å². The molecule has 2 atom stereocenters. The zero-order valence-corrected chi connectivity index (χ0v) is 12.9. The Balaban J connectivity index is 1.58. The predicted octanol–water partition coefficient (Wildman–Crippen LogP) is 1.73. The number of rotatable bonds is 7. The largest absolute Gasteiger partial charge is 0.368 e. The van der Waals surface area contributed by atoms with E-state index in [2.05, 4.69) is 15.3 Å². The minimum atomic E-state index is -0.468. The van der Waals surface area contributed by atoms with Crippen molar-refractivity contribution in [3.8, 4) is 0 Å². The van der Waals surface area contributed by atoms with Gasteiger partial charge in [-0.15, -0.1) is 11.8 Å². The van der Waals surface area contributed by atoms with E-state index in [1.165, 1.54) is 12.8 Å². The molecule has 6 heteroatoms. The number of nitrogens with one attached hydrogen (secondary N) is 1. The summed E-state index contributed by atoms with van der Waals surface area (Å²) in [5.41, 5.74) is 5.28. The highest BCUT2D eigenvalue weighted by atomic mass is 32.2. The Morgan fingerprint density at radius 2 is 2.29 bits per heavy atom. The van der Waals surface area contributed by atoms with Gasteiger partial charge in [0, 0.05) is 18.4 Å². The van der Waals surface area contributed by atoms with Crippen LogP contribution >= 0.6 is 11.8 Å². The number of aromatic nitrogens is 2. The molecule has 114 valence electrons. The first-order valence-corrected chi connectivity index (χ1v) is 8.66. The summed E-state index contributed by atoms with van der Waals surface area (Å²) in [7, 11) is 0. The van der Waals surface area contributed by atoms with Gasteiger partial charge in [0.25, 0.3) is 0 Å². The van der Waals surface area contributed by atoms with Gasteiger partial charge in [0.1, 0.15) is 10.6 Å². The lowest BCUT2D eigenvalue weighted by Gasteiger charge is -2.34. The second kappa shape index (κ2) is 6.32. The van der Waals surface area contributed by atoms with Crippen LogP contribution in [0.5, 0.6) is 0 Å². The second-order valence-electron chi connectivity index (χ2n) is 6.02. The van der Waals surface area contributed by atoms with Crippen LogP contribution in [0.15, 0.2) is 23.6 Å². The van der Waals surface area contributed by atoms with Gasteiger partial charge in [0.05, 0.1) is 6.20 Å². The van der Waals surface area contributed by atoms with E-state index in [4.69, 9.17) is 5.73 Å². The third-order valence-electron chi connectivity index (χ3n) is 4.56. The molecule has 2 aliphatic carbocycles. The molecule has 1 heterocycles. The maximum absolute atomic E-state index is 12.1. The lowest BCUT2D eigenvalue weighted by atomic mass is 9.84. The zero-order chi connectivity index (χ0) is 14.7. The van der Waals surface area contributed by atoms with Gasteiger partial charge in [-0.2, -0.15) is 0 Å². The van der Waals surface area contributed by atoms with E-state index >= 15 is 0 Å². The first kappa shape index (κ1) is 14.8. The Hall–Kier alpha value is -1.14. The smallest absolute Gasteiger partial charge is 0.238 e. The summed E-state index contributed by atoms with van der Waals surface area (Å²) >= 11 is 1.70. The number of hydrogen-bond acceptors (Lipinski definition) is 5. The number of nitrogens with two attached hydrogens (primary N) is 1. The van der Waals surface area contributed by atoms with Crippen molar-refractivity contribution in [1.82, 2.24) is 15.3 Å². The molecule has 1 aromatic rings. The Morgan fingerprint density at radius 3 is 2.95 bits per heavy atom. The maximum Gasteiger partial charge on any atom is 0.238 e. The van der Waals surface area contributed by atoms with Gasteiger partial charge in [-0.1, -0.05) is 6.42 Å². The molecule has 5 nitrogen and oxygen atoms in total. The van der Waals surface area contributed by atoms with Crippen molar-refractivity contribution in [3.05, 3.63) is 18.6 Å². The van der Waals surface area contributed by atoms with Crippen molar-refractivity contribution in [3.63, 3.8) is 0 Å². The molecule has 3 N–H and O–H groups in total. The van der Waals surface area contributed by atoms with Crippen LogP contribution in [0.4, 0.5) is 0 Å². The molecule has 2 saturated carbocycles. The quantitative estimate of drug-likeness (QED) is 0.750. The monoisotopic (exact) mass is 306 g/mol. The van der Waals surface area contributed by atoms with E-state index in [1.807, 2.05) is 0 Å². The van der Waals surface area contributed by atoms with Gasteiger partial charge in [-0.25, -0.2) is 4.98 Å². The zero-order valence-electron chi connectivity index (χ0n) is 12.1. The molecule has 1 aromatic heterocycles. The Kier molecular flexibility index (Phi) is 4.45. The van der Waals surface area contributed by atoms with Gasteiger partial charge < -0.3 is 11.1 Å². The number of nitrogens with zero attached hydrogens (tertiary/aromatic N) is 2. The van der Waals surface area contributed by atoms with E-state index in [9.17, 15) is 4.79 Å². The Morgan fingerprint density at radius 1 is 1.43 bits per heavy atom. The SMILES string of the molecule is NC(=O)C1(NC2CC2)CCCC1CCSc1cnccn1. The standard InChI is InChI=1S/C15H22N4OS/c16-14(20)15(19-12-3-4-12)6-1-2-11(15)5-9-21-13-10-17-7-8-18-13/h7-8,10-12,19H,1-6,9H2,(H2,16,20). The molecule has 0 radical (unpaired) electrons. The molecule has 1 amide bonds. The van der Waals surface area contributed by atoms with Crippen molar-refractivity contribution >= 4 is 17.7 Å². The van der Waals surface area contributed by atoms with Crippen molar-refractivity contribution in [2.45, 2.75) is 55.1 Å². The van der Waals surface area contributed by atoms with Crippen molar-refractivity contribution in [2.24, 2.45) is 11.7 Å². The van der Waals surface area contributed by atoms with E-state index in [-0.39, 0.29) is 5.91 Å². The number of thioether (sulfide) groups is 1. The summed E-state index contributed by atoms with van der Waals surface area (Å²) in [6.45, 7) is 0. The molecule has 2 unspecified atom stereocenters. The number of amides is 1. The van der Waals surface area contributed by atoms with Crippen LogP contribution in [0.1, 0.15) is 38.5 Å². The van der Waals surface area contributed by atoms with Gasteiger partial charge >= 0.3 is 0 Å². The van der Waals surface area contributed by atoms with Crippen molar-refractivity contribution < 1.29 is 4.79 Å². The molecule has 0 spiro atoms. The molecule has 2 aliphatic rings. The lowest BCUT2D eigenvalue weighted by molar-refractivity contribution is -0.126. The van der Waals surface area contributed by atoms with E-state index in [0.29, 0.717) is 12.0 Å². The minimum absolute atomic E-state index is 0.165. The second-order valence-corrected chi connectivity index (χ2v) is 7.14. The molecule has 0 bridgehead atoms. The first-order valence-electron chi connectivity index (χ1n) is 7.67. The molecule has 0 aliphatic heterocycles. The normalized spacial score (nSPS) is 28.7. The number of primary amides is 1. The molecular formula is C15H22N4OS. The lowest BCUT2D eigenvalue weighted by Crippen LogP contribution is -2.58. The maximum atomic E-state index is 12.1. The van der Waals surface area contributed by atoms with Gasteiger partial charge in [-0.3, -0.25) is 9.78 Å². The fourth-order valence-electron chi connectivity index (χ4n) is 3.31. The Labute approximate surface area is 129 Å². The van der Waals surface area contributed by atoms with Gasteiger partial charge in [0.2, 0.25) is 5.91 Å². The summed E-state index contributed by atoms with van der Waals surface area (Å²) in [4.78, 5) is 20.4. The van der Waals surface area contributed by atoms with Crippen molar-refractivity contribution in [1.29, 1.82) is 0 Å². The summed E-state index contributed by atoms with van der Waals surface area (Å²) < 4.78 is 0. The van der Waals surface area contributed by atoms with Crippen molar-refractivity contribution in [2.75, 3.05) is 5.75 Å². The van der Waals surface area contributed by atoms with Crippen LogP contribution in [0.3, 0.4) is 0 Å². The summed E-state index contributed by atoms with van der Waals surface area (Å²) in [5, 5.41) is 4.49.